The van der Waals surface area contributed by atoms with Gasteiger partial charge in [-0.3, -0.25) is 0 Å². The predicted molar refractivity (Wildman–Crippen MR) is 107 cm³/mol. The second-order valence-electron chi connectivity index (χ2n) is 5.42. The molecule has 1 aromatic heterocycles. The van der Waals surface area contributed by atoms with E-state index >= 15 is 0 Å². The molecule has 6 nitrogen and oxygen atoms in total. The van der Waals surface area contributed by atoms with Gasteiger partial charge in [0.15, 0.2) is 16.2 Å². The average Bonchev–Trinajstić information content (AvgIpc) is 3.16. The Labute approximate surface area is 164 Å². The van der Waals surface area contributed by atoms with Gasteiger partial charge >= 0.3 is 0 Å². The first kappa shape index (κ1) is 19.1. The predicted octanol–water partition coefficient (Wildman–Crippen LogP) is 4.47. The summed E-state index contributed by atoms with van der Waals surface area (Å²) in [5, 5.41) is 13.0. The molecule has 0 amide bonds. The van der Waals surface area contributed by atoms with E-state index in [9.17, 15) is 5.21 Å². The zero-order chi connectivity index (χ0) is 19.4. The normalized spacial score (nSPS) is 11.3. The minimum absolute atomic E-state index is 0.510. The molecule has 2 aromatic carbocycles. The quantitative estimate of drug-likeness (QED) is 0.372. The number of hydrogen-bond acceptors (Lipinski definition) is 8. The van der Waals surface area contributed by atoms with Crippen LogP contribution in [-0.2, 0) is 0 Å². The highest BCUT2D eigenvalue weighted by molar-refractivity contribution is 7.70. The topological polar surface area (TPSA) is 69.5 Å². The van der Waals surface area contributed by atoms with Crippen LogP contribution in [0.15, 0.2) is 41.6 Å². The van der Waals surface area contributed by atoms with Gasteiger partial charge in [0, 0.05) is 5.56 Å². The van der Waals surface area contributed by atoms with E-state index in [0.717, 1.165) is 27.3 Å². The van der Waals surface area contributed by atoms with Crippen molar-refractivity contribution in [3.05, 3.63) is 41.1 Å². The van der Waals surface area contributed by atoms with Crippen LogP contribution in [0.3, 0.4) is 0 Å². The summed E-state index contributed by atoms with van der Waals surface area (Å²) >= 11 is 0. The Morgan fingerprint density at radius 2 is 1.41 bits per heavy atom. The lowest BCUT2D eigenvalue weighted by Crippen LogP contribution is -2.01. The molecule has 0 radical (unpaired) electrons. The van der Waals surface area contributed by atoms with E-state index in [4.69, 9.17) is 18.9 Å². The summed E-state index contributed by atoms with van der Waals surface area (Å²) in [6.07, 6.45) is 0. The van der Waals surface area contributed by atoms with E-state index in [1.165, 1.54) is 20.7 Å². The van der Waals surface area contributed by atoms with Crippen molar-refractivity contribution in [2.24, 2.45) is 5.16 Å². The van der Waals surface area contributed by atoms with Crippen LogP contribution in [0.25, 0.3) is 21.6 Å². The van der Waals surface area contributed by atoms with Gasteiger partial charge in [0.1, 0.15) is 5.75 Å². The Balaban J connectivity index is 2.24. The molecule has 0 aliphatic heterocycles. The van der Waals surface area contributed by atoms with Crippen LogP contribution in [0.1, 0.15) is 0 Å². The van der Waals surface area contributed by atoms with Crippen molar-refractivity contribution in [3.8, 4) is 44.6 Å². The minimum Gasteiger partial charge on any atom is -0.497 e. The van der Waals surface area contributed by atoms with Crippen molar-refractivity contribution in [1.29, 1.82) is 0 Å². The van der Waals surface area contributed by atoms with Gasteiger partial charge < -0.3 is 24.2 Å². The van der Waals surface area contributed by atoms with Crippen molar-refractivity contribution >= 4 is 20.7 Å². The summed E-state index contributed by atoms with van der Waals surface area (Å²) in [6.45, 7) is 0. The first-order chi connectivity index (χ1) is 13.2. The Bertz CT molecular complexity index is 967. The second-order valence-corrected chi connectivity index (χ2v) is 7.55. The van der Waals surface area contributed by atoms with Crippen LogP contribution in [0.4, 0.5) is 0 Å². The van der Waals surface area contributed by atoms with Gasteiger partial charge in [-0.2, -0.15) is 0 Å². The number of hydrogen-bond donors (Lipinski definition) is 1. The summed E-state index contributed by atoms with van der Waals surface area (Å²) in [5.74, 6) is 2.36. The monoisotopic (exact) mass is 405 g/mol. The van der Waals surface area contributed by atoms with E-state index in [-0.39, 0.29) is 0 Å². The number of rotatable bonds is 6. The SMILES string of the molecule is COc1ccc(-c2ss/c(=N/O)c2-c2cc(OC)c(OC)c(OC)c2)cc1. The van der Waals surface area contributed by atoms with Gasteiger partial charge in [0.2, 0.25) is 5.75 Å². The highest BCUT2D eigenvalue weighted by Gasteiger charge is 2.20. The molecule has 0 fully saturated rings. The van der Waals surface area contributed by atoms with E-state index in [1.807, 2.05) is 36.4 Å². The molecular formula is C19H19NO5S2. The molecule has 0 atom stereocenters. The first-order valence-corrected chi connectivity index (χ1v) is 10.1. The molecule has 0 bridgehead atoms. The largest absolute Gasteiger partial charge is 0.497 e. The molecule has 3 rings (SSSR count). The van der Waals surface area contributed by atoms with Gasteiger partial charge in [-0.05, 0) is 47.5 Å². The lowest BCUT2D eigenvalue weighted by molar-refractivity contribution is 0.304. The van der Waals surface area contributed by atoms with Crippen LogP contribution in [-0.4, -0.2) is 33.6 Å². The number of ether oxygens (including phenoxy) is 4. The van der Waals surface area contributed by atoms with Crippen molar-refractivity contribution in [1.82, 2.24) is 0 Å². The van der Waals surface area contributed by atoms with Gasteiger partial charge in [0.05, 0.1) is 33.3 Å². The number of methoxy groups -OCH3 is 4. The van der Waals surface area contributed by atoms with Crippen molar-refractivity contribution < 1.29 is 24.2 Å². The molecule has 1 N–H and O–H groups in total. The Morgan fingerprint density at radius 1 is 0.778 bits per heavy atom. The number of nitrogens with zero attached hydrogens (tertiary/aromatic N) is 1. The summed E-state index contributed by atoms with van der Waals surface area (Å²) in [4.78, 5) is 0.977. The standard InChI is InChI=1S/C19H19NO5S2/c1-22-13-7-5-11(6-8-13)18-16(19(20-21)27-26-18)12-9-14(23-2)17(25-4)15(10-12)24-3/h5-10,21H,1-4H3/b20-19+. The maximum atomic E-state index is 9.51. The van der Waals surface area contributed by atoms with E-state index in [1.54, 1.807) is 28.4 Å². The highest BCUT2D eigenvalue weighted by Crippen LogP contribution is 2.44. The molecule has 0 saturated carbocycles. The molecular weight excluding hydrogens is 386 g/mol. The van der Waals surface area contributed by atoms with Gasteiger partial charge in [0.25, 0.3) is 0 Å². The second kappa shape index (κ2) is 8.32. The molecule has 0 unspecified atom stereocenters. The first-order valence-electron chi connectivity index (χ1n) is 7.92. The van der Waals surface area contributed by atoms with Gasteiger partial charge in [-0.15, -0.1) is 0 Å². The zero-order valence-corrected chi connectivity index (χ0v) is 16.9. The smallest absolute Gasteiger partial charge is 0.203 e. The molecule has 0 aliphatic rings. The zero-order valence-electron chi connectivity index (χ0n) is 15.3. The fourth-order valence-corrected chi connectivity index (χ4v) is 5.21. The van der Waals surface area contributed by atoms with Crippen LogP contribution >= 0.6 is 20.7 Å². The molecule has 0 saturated heterocycles. The fraction of sp³-hybridized carbons (Fsp3) is 0.211. The summed E-state index contributed by atoms with van der Waals surface area (Å²) in [6, 6.07) is 11.4. The van der Waals surface area contributed by atoms with Crippen LogP contribution < -0.4 is 23.6 Å². The van der Waals surface area contributed by atoms with E-state index in [0.29, 0.717) is 21.9 Å². The Morgan fingerprint density at radius 3 is 1.89 bits per heavy atom. The Kier molecular flexibility index (Phi) is 5.88. The minimum atomic E-state index is 0.510. The van der Waals surface area contributed by atoms with Crippen molar-refractivity contribution in [2.75, 3.05) is 28.4 Å². The number of benzene rings is 2. The van der Waals surface area contributed by atoms with Crippen molar-refractivity contribution in [2.45, 2.75) is 0 Å². The molecule has 0 spiro atoms. The van der Waals surface area contributed by atoms with E-state index in [2.05, 4.69) is 5.16 Å². The maximum absolute atomic E-state index is 9.51. The lowest BCUT2D eigenvalue weighted by Gasteiger charge is -2.14. The van der Waals surface area contributed by atoms with E-state index < -0.39 is 0 Å². The molecule has 27 heavy (non-hydrogen) atoms. The van der Waals surface area contributed by atoms with Crippen molar-refractivity contribution in [3.63, 3.8) is 0 Å². The highest BCUT2D eigenvalue weighted by atomic mass is 32.9. The van der Waals surface area contributed by atoms with Crippen LogP contribution in [0, 0.1) is 0 Å². The summed E-state index contributed by atoms with van der Waals surface area (Å²) in [5.41, 5.74) is 2.60. The third-order valence-corrected chi connectivity index (χ3v) is 6.40. The van der Waals surface area contributed by atoms with Gasteiger partial charge in [-0.1, -0.05) is 25.8 Å². The molecule has 1 heterocycles. The molecule has 3 aromatic rings. The third kappa shape index (κ3) is 3.58. The Hall–Kier alpha value is -2.71. The summed E-state index contributed by atoms with van der Waals surface area (Å²) in [7, 11) is 9.25. The lowest BCUT2D eigenvalue weighted by atomic mass is 10.0. The fourth-order valence-electron chi connectivity index (χ4n) is 2.74. The summed E-state index contributed by atoms with van der Waals surface area (Å²) < 4.78 is 22.1. The third-order valence-electron chi connectivity index (χ3n) is 4.04. The molecule has 142 valence electrons. The average molecular weight is 405 g/mol. The van der Waals surface area contributed by atoms with Crippen LogP contribution in [0.2, 0.25) is 0 Å². The molecule has 0 aliphatic carbocycles. The molecule has 8 heteroatoms. The van der Waals surface area contributed by atoms with Gasteiger partial charge in [-0.25, -0.2) is 0 Å². The maximum Gasteiger partial charge on any atom is 0.203 e. The van der Waals surface area contributed by atoms with Crippen LogP contribution in [0.5, 0.6) is 23.0 Å².